The van der Waals surface area contributed by atoms with E-state index in [1.54, 1.807) is 121 Å². The number of nitrogens with zero attached hydrogens (tertiary/aromatic N) is 2. The predicted molar refractivity (Wildman–Crippen MR) is 199 cm³/mol. The molecule has 8 atom stereocenters. The summed E-state index contributed by atoms with van der Waals surface area (Å²) in [7, 11) is 0. The molecule has 5 aromatic rings. The van der Waals surface area contributed by atoms with Crippen molar-refractivity contribution in [2.45, 2.75) is 49.2 Å². The lowest BCUT2D eigenvalue weighted by Crippen LogP contribution is -2.60. The molecule has 0 bridgehead atoms. The lowest BCUT2D eigenvalue weighted by molar-refractivity contribution is -0.377. The van der Waals surface area contributed by atoms with Gasteiger partial charge in [-0.3, -0.25) is 9.30 Å². The van der Waals surface area contributed by atoms with Gasteiger partial charge in [-0.15, -0.1) is 0 Å². The Morgan fingerprint density at radius 1 is 0.707 bits per heavy atom. The monoisotopic (exact) mass is 791 g/mol. The van der Waals surface area contributed by atoms with Crippen LogP contribution in [0.4, 0.5) is 5.82 Å². The first-order chi connectivity index (χ1) is 28.3. The first-order valence-electron chi connectivity index (χ1n) is 18.3. The fourth-order valence-corrected chi connectivity index (χ4v) is 6.65. The van der Waals surface area contributed by atoms with Crippen LogP contribution in [-0.4, -0.2) is 84.3 Å². The molecule has 1 aromatic heterocycles. The van der Waals surface area contributed by atoms with E-state index >= 15 is 0 Å². The summed E-state index contributed by atoms with van der Waals surface area (Å²) < 4.78 is 56.9. The minimum Gasteiger partial charge on any atom is -0.459 e. The van der Waals surface area contributed by atoms with Crippen LogP contribution >= 0.6 is 0 Å². The van der Waals surface area contributed by atoms with Crippen molar-refractivity contribution in [3.63, 3.8) is 0 Å². The number of carbonyl (C=O) groups is 3. The van der Waals surface area contributed by atoms with Gasteiger partial charge in [0, 0.05) is 11.8 Å². The van der Waals surface area contributed by atoms with Crippen LogP contribution in [0.15, 0.2) is 138 Å². The molecule has 0 aliphatic carbocycles. The summed E-state index contributed by atoms with van der Waals surface area (Å²) in [6, 6.07) is 34.8. The van der Waals surface area contributed by atoms with Crippen LogP contribution in [0.2, 0.25) is 0 Å². The molecule has 3 saturated heterocycles. The number of anilines is 1. The van der Waals surface area contributed by atoms with E-state index in [9.17, 15) is 19.2 Å². The van der Waals surface area contributed by atoms with Gasteiger partial charge in [0.25, 0.3) is 0 Å². The average Bonchev–Trinajstić information content (AvgIpc) is 3.89. The van der Waals surface area contributed by atoms with Crippen LogP contribution in [0, 0.1) is 0 Å². The quantitative estimate of drug-likeness (QED) is 0.141. The number of hydrogen-bond donors (Lipinski definition) is 1. The van der Waals surface area contributed by atoms with Crippen molar-refractivity contribution < 1.29 is 57.0 Å². The summed E-state index contributed by atoms with van der Waals surface area (Å²) in [5, 5.41) is 0. The maximum Gasteiger partial charge on any atom is 0.351 e. The smallest absolute Gasteiger partial charge is 0.351 e. The SMILES string of the molecule is Nc1ccn([C@@H]2CO[C@H](COC3(c4ccccc4)OC4OC(COC(=O)c5ccccc5)C(OC(=O)c5ccccc5)C(OC(=O)c5ccccc5)C4O3)O2)c(=O)n1. The molecule has 3 aliphatic rings. The van der Waals surface area contributed by atoms with E-state index in [1.807, 2.05) is 0 Å². The van der Waals surface area contributed by atoms with E-state index in [2.05, 4.69) is 4.98 Å². The summed E-state index contributed by atoms with van der Waals surface area (Å²) in [5.74, 6) is -4.18. The van der Waals surface area contributed by atoms with E-state index in [0.29, 0.717) is 5.56 Å². The number of nitrogen functional groups attached to an aromatic ring is 1. The number of hydrogen-bond acceptors (Lipinski definition) is 15. The molecule has 6 unspecified atom stereocenters. The molecule has 3 aliphatic heterocycles. The maximum atomic E-state index is 13.8. The topological polar surface area (TPSA) is 195 Å². The normalized spacial score (nSPS) is 26.3. The third-order valence-corrected chi connectivity index (χ3v) is 9.48. The fourth-order valence-electron chi connectivity index (χ4n) is 6.65. The molecule has 0 amide bonds. The summed E-state index contributed by atoms with van der Waals surface area (Å²) in [6.45, 7) is -0.750. The number of carbonyl (C=O) groups excluding carboxylic acids is 3. The van der Waals surface area contributed by atoms with Crippen molar-refractivity contribution in [2.75, 3.05) is 25.6 Å². The number of fused-ring (bicyclic) bond motifs is 1. The molecule has 0 saturated carbocycles. The lowest BCUT2D eigenvalue weighted by atomic mass is 9.98. The molecule has 0 spiro atoms. The van der Waals surface area contributed by atoms with Crippen LogP contribution in [0.3, 0.4) is 0 Å². The second-order valence-electron chi connectivity index (χ2n) is 13.3. The standard InChI is InChI=1S/C42H37N3O13/c43-31-21-22-45(41(49)44-31)32-24-50-33(54-32)25-52-42(29-19-11-4-12-20-29)57-36-35(56-39(48)28-17-9-3-10-18-28)34(55-38(47)27-15-7-2-8-16-27)30(53-40(36)58-42)23-51-37(46)26-13-5-1-6-14-26/h1-22,30,32-36,40H,23-25H2,(H2,43,44,49)/t30?,32-,33-,34?,35?,36?,40?,42?/m0/s1. The molecule has 2 N–H and O–H groups in total. The number of rotatable bonds is 12. The van der Waals surface area contributed by atoms with Crippen molar-refractivity contribution >= 4 is 23.7 Å². The second-order valence-corrected chi connectivity index (χ2v) is 13.3. The molecule has 3 fully saturated rings. The number of nitrogens with two attached hydrogens (primary N) is 1. The molecule has 0 radical (unpaired) electrons. The Kier molecular flexibility index (Phi) is 11.4. The van der Waals surface area contributed by atoms with Gasteiger partial charge >= 0.3 is 29.6 Å². The van der Waals surface area contributed by atoms with Crippen molar-refractivity contribution in [2.24, 2.45) is 0 Å². The highest BCUT2D eigenvalue weighted by Gasteiger charge is 2.62. The number of aromatic nitrogens is 2. The van der Waals surface area contributed by atoms with E-state index in [4.69, 9.17) is 48.4 Å². The van der Waals surface area contributed by atoms with Crippen LogP contribution in [0.25, 0.3) is 0 Å². The molecule has 16 nitrogen and oxygen atoms in total. The largest absolute Gasteiger partial charge is 0.459 e. The van der Waals surface area contributed by atoms with Gasteiger partial charge in [0.15, 0.2) is 37.1 Å². The average molecular weight is 792 g/mol. The van der Waals surface area contributed by atoms with Crippen LogP contribution < -0.4 is 11.4 Å². The van der Waals surface area contributed by atoms with Crippen molar-refractivity contribution in [3.8, 4) is 0 Å². The first-order valence-corrected chi connectivity index (χ1v) is 18.3. The highest BCUT2D eigenvalue weighted by molar-refractivity contribution is 5.91. The Morgan fingerprint density at radius 2 is 1.28 bits per heavy atom. The fraction of sp³-hybridized carbons (Fsp3) is 0.262. The molecular formula is C42H37N3O13. The van der Waals surface area contributed by atoms with E-state index < -0.39 is 79.4 Å². The van der Waals surface area contributed by atoms with Crippen molar-refractivity contribution in [1.29, 1.82) is 0 Å². The highest BCUT2D eigenvalue weighted by Crippen LogP contribution is 2.45. The first kappa shape index (κ1) is 38.6. The molecule has 58 heavy (non-hydrogen) atoms. The molecule has 4 aromatic carbocycles. The van der Waals surface area contributed by atoms with Gasteiger partial charge in [-0.2, -0.15) is 4.98 Å². The van der Waals surface area contributed by atoms with E-state index in [0.717, 1.165) is 0 Å². The molecule has 298 valence electrons. The van der Waals surface area contributed by atoms with Crippen LogP contribution in [-0.2, 0) is 48.6 Å². The summed E-state index contributed by atoms with van der Waals surface area (Å²) in [6.07, 6.45) is -7.11. The summed E-state index contributed by atoms with van der Waals surface area (Å²) in [4.78, 5) is 56.9. The van der Waals surface area contributed by atoms with Gasteiger partial charge in [-0.1, -0.05) is 84.9 Å². The Hall–Kier alpha value is -6.27. The Bertz CT molecular complexity index is 2260. The number of ether oxygens (including phenoxy) is 9. The predicted octanol–water partition coefficient (Wildman–Crippen LogP) is 3.97. The molecule has 8 rings (SSSR count). The van der Waals surface area contributed by atoms with Gasteiger partial charge < -0.3 is 43.6 Å². The van der Waals surface area contributed by atoms with Gasteiger partial charge in [-0.05, 0) is 42.5 Å². The Labute approximate surface area is 330 Å². The highest BCUT2D eigenvalue weighted by atomic mass is 16.9. The zero-order chi connectivity index (χ0) is 40.1. The van der Waals surface area contributed by atoms with Gasteiger partial charge in [0.2, 0.25) is 0 Å². The van der Waals surface area contributed by atoms with Crippen molar-refractivity contribution in [3.05, 3.63) is 166 Å². The third-order valence-electron chi connectivity index (χ3n) is 9.48. The summed E-state index contributed by atoms with van der Waals surface area (Å²) in [5.41, 5.74) is 6.08. The lowest BCUT2D eigenvalue weighted by Gasteiger charge is -2.41. The Morgan fingerprint density at radius 3 is 1.88 bits per heavy atom. The second kappa shape index (κ2) is 17.1. The minimum absolute atomic E-state index is 0.0106. The number of esters is 3. The van der Waals surface area contributed by atoms with Gasteiger partial charge in [0.05, 0.1) is 23.3 Å². The van der Waals surface area contributed by atoms with E-state index in [-0.39, 0.29) is 35.7 Å². The van der Waals surface area contributed by atoms with Crippen LogP contribution in [0.5, 0.6) is 0 Å². The van der Waals surface area contributed by atoms with Gasteiger partial charge in [-0.25, -0.2) is 19.2 Å². The van der Waals surface area contributed by atoms with Gasteiger partial charge in [0.1, 0.15) is 25.1 Å². The number of benzene rings is 4. The van der Waals surface area contributed by atoms with E-state index in [1.165, 1.54) is 16.8 Å². The molecular weight excluding hydrogens is 754 g/mol. The maximum absolute atomic E-state index is 13.8. The van der Waals surface area contributed by atoms with Crippen molar-refractivity contribution in [1.82, 2.24) is 9.55 Å². The zero-order valence-electron chi connectivity index (χ0n) is 30.6. The minimum atomic E-state index is -2.04. The third kappa shape index (κ3) is 8.38. The zero-order valence-corrected chi connectivity index (χ0v) is 30.6. The summed E-state index contributed by atoms with van der Waals surface area (Å²) >= 11 is 0. The van der Waals surface area contributed by atoms with Crippen LogP contribution in [0.1, 0.15) is 42.9 Å². The Balaban J connectivity index is 1.11. The molecule has 4 heterocycles. The molecule has 16 heteroatoms.